The average molecular weight is 331 g/mol. The topological polar surface area (TPSA) is 75.4 Å². The van der Waals surface area contributed by atoms with Gasteiger partial charge in [-0.25, -0.2) is 13.1 Å². The van der Waals surface area contributed by atoms with Gasteiger partial charge in [-0.3, -0.25) is 0 Å². The van der Waals surface area contributed by atoms with E-state index in [-0.39, 0.29) is 10.8 Å². The highest BCUT2D eigenvalue weighted by molar-refractivity contribution is 7.89. The monoisotopic (exact) mass is 331 g/mol. The van der Waals surface area contributed by atoms with Crippen LogP contribution in [0.3, 0.4) is 0 Å². The minimum atomic E-state index is -3.51. The summed E-state index contributed by atoms with van der Waals surface area (Å²) in [6.07, 6.45) is 0.928. The number of nitrogens with two attached hydrogens (primary N) is 1. The molecule has 0 radical (unpaired) electrons. The predicted molar refractivity (Wildman–Crippen MR) is 93.1 cm³/mol. The number of rotatable bonds is 4. The lowest BCUT2D eigenvalue weighted by Gasteiger charge is -2.33. The second-order valence-electron chi connectivity index (χ2n) is 5.89. The summed E-state index contributed by atoms with van der Waals surface area (Å²) in [7, 11) is -1.45. The van der Waals surface area contributed by atoms with Crippen LogP contribution in [0.5, 0.6) is 0 Å². The lowest BCUT2D eigenvalue weighted by Crippen LogP contribution is -2.34. The Bertz CT molecular complexity index is 788. The fourth-order valence-electron chi connectivity index (χ4n) is 2.96. The van der Waals surface area contributed by atoms with Crippen LogP contribution in [0.4, 0.5) is 11.4 Å². The standard InChI is InChI=1S/C17H21N3O2S/c1-20-11-10-13(16-4-2-3-5-17(16)20)12-19-23(21,22)15-8-6-14(18)7-9-15/h2-9,13,19H,10-12,18H2,1H3/t13-/m1/s1. The van der Waals surface area contributed by atoms with E-state index in [9.17, 15) is 8.42 Å². The van der Waals surface area contributed by atoms with Crippen molar-refractivity contribution >= 4 is 21.4 Å². The van der Waals surface area contributed by atoms with Crippen molar-refractivity contribution in [2.45, 2.75) is 17.2 Å². The molecule has 0 aliphatic carbocycles. The fourth-order valence-corrected chi connectivity index (χ4v) is 4.04. The van der Waals surface area contributed by atoms with E-state index in [0.29, 0.717) is 12.2 Å². The molecular formula is C17H21N3O2S. The number of hydrogen-bond acceptors (Lipinski definition) is 4. The lowest BCUT2D eigenvalue weighted by atomic mass is 9.90. The maximum atomic E-state index is 12.4. The van der Waals surface area contributed by atoms with E-state index < -0.39 is 10.0 Å². The van der Waals surface area contributed by atoms with Crippen LogP contribution in [0.15, 0.2) is 53.4 Å². The maximum absolute atomic E-state index is 12.4. The number of sulfonamides is 1. The van der Waals surface area contributed by atoms with E-state index >= 15 is 0 Å². The number of hydrogen-bond donors (Lipinski definition) is 2. The first-order chi connectivity index (χ1) is 11.0. The number of benzene rings is 2. The zero-order chi connectivity index (χ0) is 16.4. The molecule has 1 aliphatic heterocycles. The molecule has 2 aromatic carbocycles. The Labute approximate surface area is 137 Å². The Morgan fingerprint density at radius 2 is 1.87 bits per heavy atom. The van der Waals surface area contributed by atoms with Gasteiger partial charge in [0.1, 0.15) is 0 Å². The second-order valence-corrected chi connectivity index (χ2v) is 7.65. The summed E-state index contributed by atoms with van der Waals surface area (Å²) >= 11 is 0. The number of fused-ring (bicyclic) bond motifs is 1. The summed E-state index contributed by atoms with van der Waals surface area (Å²) in [6, 6.07) is 14.4. The van der Waals surface area contributed by atoms with Gasteiger partial charge < -0.3 is 10.6 Å². The van der Waals surface area contributed by atoms with E-state index in [0.717, 1.165) is 13.0 Å². The molecule has 1 atom stereocenters. The minimum Gasteiger partial charge on any atom is -0.399 e. The first kappa shape index (κ1) is 15.8. The van der Waals surface area contributed by atoms with Crippen LogP contribution >= 0.6 is 0 Å². The molecule has 0 unspecified atom stereocenters. The van der Waals surface area contributed by atoms with E-state index in [4.69, 9.17) is 5.73 Å². The third-order valence-electron chi connectivity index (χ3n) is 4.31. The quantitative estimate of drug-likeness (QED) is 0.842. The van der Waals surface area contributed by atoms with Gasteiger partial charge in [-0.05, 0) is 42.3 Å². The van der Waals surface area contributed by atoms with Crippen molar-refractivity contribution in [1.82, 2.24) is 4.72 Å². The van der Waals surface area contributed by atoms with Crippen LogP contribution in [0, 0.1) is 0 Å². The third-order valence-corrected chi connectivity index (χ3v) is 5.75. The molecule has 6 heteroatoms. The Balaban J connectivity index is 1.76. The minimum absolute atomic E-state index is 0.186. The van der Waals surface area contributed by atoms with Gasteiger partial charge in [0.05, 0.1) is 4.90 Å². The highest BCUT2D eigenvalue weighted by atomic mass is 32.2. The van der Waals surface area contributed by atoms with E-state index in [1.807, 2.05) is 12.1 Å². The van der Waals surface area contributed by atoms with Gasteiger partial charge in [0, 0.05) is 37.4 Å². The zero-order valence-electron chi connectivity index (χ0n) is 13.1. The molecule has 0 fully saturated rings. The zero-order valence-corrected chi connectivity index (χ0v) is 13.9. The van der Waals surface area contributed by atoms with E-state index in [1.165, 1.54) is 23.4 Å². The van der Waals surface area contributed by atoms with Crippen LogP contribution in [0.25, 0.3) is 0 Å². The summed E-state index contributed by atoms with van der Waals surface area (Å²) in [5, 5.41) is 0. The molecule has 0 saturated carbocycles. The van der Waals surface area contributed by atoms with Crippen molar-refractivity contribution in [3.8, 4) is 0 Å². The highest BCUT2D eigenvalue weighted by Crippen LogP contribution is 2.34. The molecular weight excluding hydrogens is 310 g/mol. The summed E-state index contributed by atoms with van der Waals surface area (Å²) in [6.45, 7) is 1.32. The predicted octanol–water partition coefficient (Wildman–Crippen LogP) is 2.17. The number of nitrogen functional groups attached to an aromatic ring is 1. The van der Waals surface area contributed by atoms with Gasteiger partial charge in [-0.1, -0.05) is 18.2 Å². The lowest BCUT2D eigenvalue weighted by molar-refractivity contribution is 0.550. The molecule has 122 valence electrons. The van der Waals surface area contributed by atoms with Gasteiger partial charge in [0.15, 0.2) is 0 Å². The average Bonchev–Trinajstić information content (AvgIpc) is 2.55. The van der Waals surface area contributed by atoms with Crippen LogP contribution in [0.2, 0.25) is 0 Å². The van der Waals surface area contributed by atoms with Crippen molar-refractivity contribution in [2.24, 2.45) is 0 Å². The molecule has 3 N–H and O–H groups in total. The highest BCUT2D eigenvalue weighted by Gasteiger charge is 2.24. The molecule has 23 heavy (non-hydrogen) atoms. The van der Waals surface area contributed by atoms with Gasteiger partial charge in [-0.15, -0.1) is 0 Å². The largest absolute Gasteiger partial charge is 0.399 e. The van der Waals surface area contributed by atoms with E-state index in [1.54, 1.807) is 12.1 Å². The first-order valence-corrected chi connectivity index (χ1v) is 9.11. The summed E-state index contributed by atoms with van der Waals surface area (Å²) in [4.78, 5) is 2.45. The third kappa shape index (κ3) is 3.33. The Hall–Kier alpha value is -2.05. The number of nitrogens with zero attached hydrogens (tertiary/aromatic N) is 1. The van der Waals surface area contributed by atoms with Crippen LogP contribution < -0.4 is 15.4 Å². The van der Waals surface area contributed by atoms with Gasteiger partial charge in [0.25, 0.3) is 0 Å². The second kappa shape index (κ2) is 6.22. The Morgan fingerprint density at radius 3 is 2.61 bits per heavy atom. The molecule has 0 aromatic heterocycles. The Morgan fingerprint density at radius 1 is 1.17 bits per heavy atom. The van der Waals surface area contributed by atoms with Crippen LogP contribution in [-0.2, 0) is 10.0 Å². The summed E-state index contributed by atoms with van der Waals surface area (Å²) in [5.41, 5.74) is 8.53. The van der Waals surface area contributed by atoms with Crippen LogP contribution in [-0.4, -0.2) is 28.6 Å². The van der Waals surface area contributed by atoms with Crippen molar-refractivity contribution in [3.63, 3.8) is 0 Å². The van der Waals surface area contributed by atoms with Crippen LogP contribution in [0.1, 0.15) is 17.9 Å². The molecule has 1 heterocycles. The molecule has 0 bridgehead atoms. The first-order valence-electron chi connectivity index (χ1n) is 7.62. The fraction of sp³-hybridized carbons (Fsp3) is 0.294. The molecule has 0 amide bonds. The number of para-hydroxylation sites is 1. The SMILES string of the molecule is CN1CC[C@H](CNS(=O)(=O)c2ccc(N)cc2)c2ccccc21. The van der Waals surface area contributed by atoms with Gasteiger partial charge in [0.2, 0.25) is 10.0 Å². The normalized spacial score (nSPS) is 17.8. The van der Waals surface area contributed by atoms with Crippen molar-refractivity contribution < 1.29 is 8.42 Å². The van der Waals surface area contributed by atoms with Gasteiger partial charge >= 0.3 is 0 Å². The Kier molecular flexibility index (Phi) is 4.28. The maximum Gasteiger partial charge on any atom is 0.240 e. The van der Waals surface area contributed by atoms with Gasteiger partial charge in [-0.2, -0.15) is 0 Å². The van der Waals surface area contributed by atoms with E-state index in [2.05, 4.69) is 28.8 Å². The molecule has 0 saturated heterocycles. The summed E-state index contributed by atoms with van der Waals surface area (Å²) < 4.78 is 27.5. The molecule has 5 nitrogen and oxygen atoms in total. The summed E-state index contributed by atoms with van der Waals surface area (Å²) in [5.74, 6) is 0.186. The smallest absolute Gasteiger partial charge is 0.240 e. The molecule has 2 aromatic rings. The molecule has 1 aliphatic rings. The number of anilines is 2. The molecule has 0 spiro atoms. The van der Waals surface area contributed by atoms with Crippen molar-refractivity contribution in [1.29, 1.82) is 0 Å². The van der Waals surface area contributed by atoms with Crippen molar-refractivity contribution in [2.75, 3.05) is 30.8 Å². The van der Waals surface area contributed by atoms with Crippen molar-refractivity contribution in [3.05, 3.63) is 54.1 Å². The number of nitrogens with one attached hydrogen (secondary N) is 1. The molecule has 3 rings (SSSR count).